The third kappa shape index (κ3) is 2.62. The van der Waals surface area contributed by atoms with Crippen LogP contribution in [-0.4, -0.2) is 49.2 Å². The topological polar surface area (TPSA) is 102 Å². The van der Waals surface area contributed by atoms with Gasteiger partial charge in [-0.05, 0) is 17.7 Å². The van der Waals surface area contributed by atoms with E-state index in [2.05, 4.69) is 14.8 Å². The maximum Gasteiger partial charge on any atom is 0.245 e. The molecule has 2 aliphatic rings. The fourth-order valence-corrected chi connectivity index (χ4v) is 6.69. The lowest BCUT2D eigenvalue weighted by Gasteiger charge is -2.37. The number of ether oxygens (including phenoxy) is 1. The number of guanidine groups is 1. The summed E-state index contributed by atoms with van der Waals surface area (Å²) in [5.74, 6) is -0.0977. The molecule has 0 radical (unpaired) electrons. The lowest BCUT2D eigenvalue weighted by Crippen LogP contribution is -2.56. The van der Waals surface area contributed by atoms with Gasteiger partial charge in [0.1, 0.15) is 10.8 Å². The Morgan fingerprint density at radius 3 is 3.00 bits per heavy atom. The number of hydrogen-bond donors (Lipinski definition) is 1. The predicted octanol–water partition coefficient (Wildman–Crippen LogP) is 2.20. The Balaban J connectivity index is 1.89. The molecule has 1 fully saturated rings. The van der Waals surface area contributed by atoms with Crippen LogP contribution >= 0.6 is 22.9 Å². The van der Waals surface area contributed by atoms with Gasteiger partial charge in [-0.1, -0.05) is 11.6 Å². The van der Waals surface area contributed by atoms with E-state index >= 15 is 0 Å². The molecule has 2 atom stereocenters. The average molecular weight is 424 g/mol. The summed E-state index contributed by atoms with van der Waals surface area (Å²) in [5, 5.41) is -0.519. The van der Waals surface area contributed by atoms with Crippen LogP contribution in [0, 0.1) is 6.57 Å². The molecule has 0 amide bonds. The van der Waals surface area contributed by atoms with E-state index in [-0.39, 0.29) is 19.2 Å². The Labute approximate surface area is 165 Å². The molecule has 0 spiro atoms. The van der Waals surface area contributed by atoms with Crippen molar-refractivity contribution < 1.29 is 13.2 Å². The number of aromatic nitrogens is 1. The second-order valence-electron chi connectivity index (χ2n) is 6.24. The van der Waals surface area contributed by atoms with Gasteiger partial charge in [-0.3, -0.25) is 4.98 Å². The van der Waals surface area contributed by atoms with E-state index < -0.39 is 20.8 Å². The number of pyridine rings is 1. The maximum atomic E-state index is 12.9. The molecule has 2 aliphatic heterocycles. The summed E-state index contributed by atoms with van der Waals surface area (Å²) in [5.41, 5.74) is 5.85. The normalized spacial score (nSPS) is 26.3. The highest BCUT2D eigenvalue weighted by Crippen LogP contribution is 2.49. The smallest absolute Gasteiger partial charge is 0.245 e. The molecule has 0 bridgehead atoms. The summed E-state index contributed by atoms with van der Waals surface area (Å²) < 4.78 is 32.2. The number of hydrogen-bond acceptors (Lipinski definition) is 7. The van der Waals surface area contributed by atoms with Gasteiger partial charge in [-0.2, -0.15) is 0 Å². The van der Waals surface area contributed by atoms with E-state index in [4.69, 9.17) is 28.6 Å². The molecule has 27 heavy (non-hydrogen) atoms. The Morgan fingerprint density at radius 1 is 1.48 bits per heavy atom. The van der Waals surface area contributed by atoms with Crippen molar-refractivity contribution in [2.45, 2.75) is 10.8 Å². The highest BCUT2D eigenvalue weighted by molar-refractivity contribution is 7.90. The van der Waals surface area contributed by atoms with Crippen molar-refractivity contribution in [1.82, 2.24) is 9.29 Å². The summed E-state index contributed by atoms with van der Waals surface area (Å²) in [7, 11) is -2.35. The fraction of sp³-hybridized carbons (Fsp3) is 0.312. The Hall–Kier alpha value is -2.19. The monoisotopic (exact) mass is 423 g/mol. The lowest BCUT2D eigenvalue weighted by atomic mass is 9.96. The lowest BCUT2D eigenvalue weighted by molar-refractivity contribution is 0.179. The molecule has 8 nitrogen and oxygen atoms in total. The van der Waals surface area contributed by atoms with Crippen LogP contribution < -0.4 is 5.73 Å². The minimum atomic E-state index is -3.73. The molecule has 1 saturated heterocycles. The maximum absolute atomic E-state index is 12.9. The predicted molar refractivity (Wildman–Crippen MR) is 103 cm³/mol. The van der Waals surface area contributed by atoms with Crippen molar-refractivity contribution in [1.29, 1.82) is 0 Å². The zero-order valence-corrected chi connectivity index (χ0v) is 16.5. The van der Waals surface area contributed by atoms with Crippen LogP contribution in [0.25, 0.3) is 15.3 Å². The highest BCUT2D eigenvalue weighted by Gasteiger charge is 2.58. The van der Waals surface area contributed by atoms with Gasteiger partial charge < -0.3 is 10.5 Å². The molecule has 1 unspecified atom stereocenters. The number of thiophene rings is 1. The van der Waals surface area contributed by atoms with Gasteiger partial charge in [-0.15, -0.1) is 11.3 Å². The second kappa shape index (κ2) is 6.17. The van der Waals surface area contributed by atoms with Gasteiger partial charge in [-0.25, -0.2) is 22.6 Å². The van der Waals surface area contributed by atoms with E-state index in [0.29, 0.717) is 15.6 Å². The molecule has 0 aromatic carbocycles. The average Bonchev–Trinajstić information content (AvgIpc) is 3.25. The first-order valence-electron chi connectivity index (χ1n) is 7.83. The Kier molecular flexibility index (Phi) is 4.16. The first-order chi connectivity index (χ1) is 12.8. The summed E-state index contributed by atoms with van der Waals surface area (Å²) in [6.45, 7) is 7.22. The molecular weight excluding hydrogens is 410 g/mol. The number of fused-ring (bicyclic) bond motifs is 1. The molecule has 11 heteroatoms. The number of sulfonamides is 1. The molecule has 2 N–H and O–H groups in total. The number of nitrogens with two attached hydrogens (primary N) is 1. The first kappa shape index (κ1) is 18.2. The molecule has 2 aromatic rings. The van der Waals surface area contributed by atoms with E-state index in [1.54, 1.807) is 18.3 Å². The molecule has 0 aliphatic carbocycles. The number of aliphatic imine (C=N–C) groups is 1. The Morgan fingerprint density at radius 2 is 2.26 bits per heavy atom. The van der Waals surface area contributed by atoms with E-state index in [9.17, 15) is 8.42 Å². The molecule has 2 aromatic heterocycles. The van der Waals surface area contributed by atoms with Crippen molar-refractivity contribution in [3.05, 3.63) is 45.8 Å². The summed E-state index contributed by atoms with van der Waals surface area (Å²) in [6.07, 6.45) is 3.10. The van der Waals surface area contributed by atoms with Gasteiger partial charge in [0.05, 0.1) is 29.7 Å². The molecular formula is C16H14ClN5O3S2. The van der Waals surface area contributed by atoms with Crippen LogP contribution in [-0.2, 0) is 20.3 Å². The minimum Gasteiger partial charge on any atom is -0.377 e. The zero-order chi connectivity index (χ0) is 19.4. The summed E-state index contributed by atoms with van der Waals surface area (Å²) >= 11 is 7.80. The zero-order valence-electron chi connectivity index (χ0n) is 14.1. The summed E-state index contributed by atoms with van der Waals surface area (Å²) in [6, 6.07) is 3.43. The van der Waals surface area contributed by atoms with Crippen LogP contribution in [0.2, 0.25) is 5.02 Å². The number of rotatable bonds is 2. The van der Waals surface area contributed by atoms with E-state index in [1.165, 1.54) is 24.6 Å². The largest absolute Gasteiger partial charge is 0.377 e. The third-order valence-electron chi connectivity index (χ3n) is 4.72. The van der Waals surface area contributed by atoms with E-state index in [0.717, 1.165) is 14.7 Å². The minimum absolute atomic E-state index is 0.0157. The van der Waals surface area contributed by atoms with Gasteiger partial charge in [0, 0.05) is 24.3 Å². The second-order valence-corrected chi connectivity index (χ2v) is 9.85. The third-order valence-corrected chi connectivity index (χ3v) is 8.68. The standard InChI is InChI=1S/C16H14ClN5O3S2/c1-19-10-3-9(5-20-6-10)12-4-11(17)14(26-12)16-8-25-7-13(16)27(23,24)22(2)15(18)21-16/h3-6,13H,7-8H2,2H3,(H2,18,21)/t13?,16-/m0/s1. The van der Waals surface area contributed by atoms with Crippen molar-refractivity contribution in [3.63, 3.8) is 0 Å². The van der Waals surface area contributed by atoms with Crippen molar-refractivity contribution in [3.8, 4) is 10.4 Å². The molecule has 0 saturated carbocycles. The van der Waals surface area contributed by atoms with Crippen LogP contribution in [0.15, 0.2) is 29.5 Å². The first-order valence-corrected chi connectivity index (χ1v) is 10.5. The number of halogens is 1. The van der Waals surface area contributed by atoms with Gasteiger partial charge in [0.2, 0.25) is 21.7 Å². The van der Waals surface area contributed by atoms with Gasteiger partial charge >= 0.3 is 0 Å². The van der Waals surface area contributed by atoms with Crippen LogP contribution in [0.1, 0.15) is 4.88 Å². The van der Waals surface area contributed by atoms with Crippen molar-refractivity contribution in [2.24, 2.45) is 10.7 Å². The molecule has 4 rings (SSSR count). The van der Waals surface area contributed by atoms with Gasteiger partial charge in [0.15, 0.2) is 0 Å². The molecule has 4 heterocycles. The van der Waals surface area contributed by atoms with E-state index in [1.807, 2.05) is 0 Å². The van der Waals surface area contributed by atoms with Crippen molar-refractivity contribution >= 4 is 44.6 Å². The quantitative estimate of drug-likeness (QED) is 0.746. The van der Waals surface area contributed by atoms with Gasteiger partial charge in [0.25, 0.3) is 0 Å². The fourth-order valence-electron chi connectivity index (χ4n) is 3.28. The highest BCUT2D eigenvalue weighted by atomic mass is 35.5. The van der Waals surface area contributed by atoms with Crippen LogP contribution in [0.3, 0.4) is 0 Å². The van der Waals surface area contributed by atoms with Crippen molar-refractivity contribution in [2.75, 3.05) is 20.3 Å². The molecule has 140 valence electrons. The SMILES string of the molecule is [C-]#[N+]c1cncc(-c2cc(Cl)c([C@]34COCC3S(=O)(=O)N(C)C(N)=N4)s2)c1. The van der Waals surface area contributed by atoms with Crippen LogP contribution in [0.4, 0.5) is 5.69 Å². The number of nitrogens with zero attached hydrogens (tertiary/aromatic N) is 4. The van der Waals surface area contributed by atoms with Crippen LogP contribution in [0.5, 0.6) is 0 Å². The summed E-state index contributed by atoms with van der Waals surface area (Å²) in [4.78, 5) is 13.3. The Bertz CT molecular complexity index is 1110.